The van der Waals surface area contributed by atoms with E-state index in [1.165, 1.54) is 0 Å². The maximum atomic E-state index is 11.7. The SMILES string of the molecule is CCC(O)CCCOCCCC(F)(F)F. The summed E-state index contributed by atoms with van der Waals surface area (Å²) in [4.78, 5) is 0. The van der Waals surface area contributed by atoms with E-state index in [1.807, 2.05) is 6.92 Å². The second-order valence-corrected chi connectivity index (χ2v) is 3.54. The first-order chi connectivity index (χ1) is 6.95. The Morgan fingerprint density at radius 2 is 1.80 bits per heavy atom. The zero-order valence-electron chi connectivity index (χ0n) is 9.02. The van der Waals surface area contributed by atoms with E-state index in [9.17, 15) is 13.2 Å². The molecular weight excluding hydrogens is 209 g/mol. The highest BCUT2D eigenvalue weighted by Crippen LogP contribution is 2.20. The third kappa shape index (κ3) is 11.6. The number of ether oxygens (including phenoxy) is 1. The minimum Gasteiger partial charge on any atom is -0.393 e. The Morgan fingerprint density at radius 1 is 1.20 bits per heavy atom. The molecule has 2 nitrogen and oxygen atoms in total. The fourth-order valence-corrected chi connectivity index (χ4v) is 1.10. The lowest BCUT2D eigenvalue weighted by atomic mass is 10.1. The Labute approximate surface area is 88.4 Å². The van der Waals surface area contributed by atoms with Crippen LogP contribution in [-0.4, -0.2) is 30.6 Å². The summed E-state index contributed by atoms with van der Waals surface area (Å²) in [6, 6.07) is 0. The average Bonchev–Trinajstić information content (AvgIpc) is 2.14. The third-order valence-corrected chi connectivity index (χ3v) is 2.05. The molecule has 0 fully saturated rings. The molecule has 0 aliphatic carbocycles. The lowest BCUT2D eigenvalue weighted by Crippen LogP contribution is -2.10. The summed E-state index contributed by atoms with van der Waals surface area (Å²) in [7, 11) is 0. The van der Waals surface area contributed by atoms with Crippen molar-refractivity contribution < 1.29 is 23.0 Å². The van der Waals surface area contributed by atoms with Gasteiger partial charge in [-0.25, -0.2) is 0 Å². The molecule has 0 radical (unpaired) electrons. The Kier molecular flexibility index (Phi) is 7.78. The summed E-state index contributed by atoms with van der Waals surface area (Å²) in [5.74, 6) is 0. The Hall–Kier alpha value is -0.290. The second kappa shape index (κ2) is 7.93. The molecule has 0 aromatic carbocycles. The molecular formula is C10H19F3O2. The third-order valence-electron chi connectivity index (χ3n) is 2.05. The van der Waals surface area contributed by atoms with Crippen molar-refractivity contribution in [1.29, 1.82) is 0 Å². The van der Waals surface area contributed by atoms with Crippen molar-refractivity contribution in [2.45, 2.75) is 51.3 Å². The maximum Gasteiger partial charge on any atom is 0.389 e. The summed E-state index contributed by atoms with van der Waals surface area (Å²) >= 11 is 0. The van der Waals surface area contributed by atoms with Crippen molar-refractivity contribution >= 4 is 0 Å². The van der Waals surface area contributed by atoms with Crippen molar-refractivity contribution in [1.82, 2.24) is 0 Å². The minimum atomic E-state index is -4.08. The van der Waals surface area contributed by atoms with Crippen LogP contribution in [0.15, 0.2) is 0 Å². The summed E-state index contributed by atoms with van der Waals surface area (Å²) in [6.45, 7) is 2.45. The smallest absolute Gasteiger partial charge is 0.389 e. The molecule has 0 aliphatic rings. The standard InChI is InChI=1S/C10H19F3O2/c1-2-9(14)5-3-7-15-8-4-6-10(11,12)13/h9,14H,2-8H2,1H3. The monoisotopic (exact) mass is 228 g/mol. The van der Waals surface area contributed by atoms with Crippen molar-refractivity contribution in [3.8, 4) is 0 Å². The lowest BCUT2D eigenvalue weighted by molar-refractivity contribution is -0.137. The molecule has 0 rings (SSSR count). The molecule has 1 N–H and O–H groups in total. The molecule has 1 atom stereocenters. The van der Waals surface area contributed by atoms with Crippen LogP contribution in [0.5, 0.6) is 0 Å². The van der Waals surface area contributed by atoms with Crippen LogP contribution in [-0.2, 0) is 4.74 Å². The lowest BCUT2D eigenvalue weighted by Gasteiger charge is -2.08. The molecule has 5 heteroatoms. The molecule has 0 amide bonds. The Balaban J connectivity index is 3.12. The predicted molar refractivity (Wildman–Crippen MR) is 51.6 cm³/mol. The van der Waals surface area contributed by atoms with Crippen LogP contribution >= 0.6 is 0 Å². The van der Waals surface area contributed by atoms with Gasteiger partial charge in [0.15, 0.2) is 0 Å². The largest absolute Gasteiger partial charge is 0.393 e. The van der Waals surface area contributed by atoms with E-state index in [4.69, 9.17) is 9.84 Å². The summed E-state index contributed by atoms with van der Waals surface area (Å²) in [5.41, 5.74) is 0. The number of hydrogen-bond donors (Lipinski definition) is 1. The van der Waals surface area contributed by atoms with Gasteiger partial charge in [0, 0.05) is 19.6 Å². The molecule has 1 unspecified atom stereocenters. The van der Waals surface area contributed by atoms with E-state index in [0.717, 1.165) is 0 Å². The van der Waals surface area contributed by atoms with E-state index < -0.39 is 12.6 Å². The number of aliphatic hydroxyl groups is 1. The molecule has 0 saturated heterocycles. The normalized spacial score (nSPS) is 14.2. The molecule has 0 heterocycles. The zero-order valence-corrected chi connectivity index (χ0v) is 9.02. The fraction of sp³-hybridized carbons (Fsp3) is 1.00. The van der Waals surface area contributed by atoms with Gasteiger partial charge in [-0.15, -0.1) is 0 Å². The quantitative estimate of drug-likeness (QED) is 0.647. The van der Waals surface area contributed by atoms with Gasteiger partial charge in [-0.3, -0.25) is 0 Å². The van der Waals surface area contributed by atoms with E-state index in [2.05, 4.69) is 0 Å². The highest BCUT2D eigenvalue weighted by atomic mass is 19.4. The Bertz CT molecular complexity index is 148. The maximum absolute atomic E-state index is 11.7. The highest BCUT2D eigenvalue weighted by Gasteiger charge is 2.25. The first-order valence-electron chi connectivity index (χ1n) is 5.28. The van der Waals surface area contributed by atoms with Crippen molar-refractivity contribution in [2.24, 2.45) is 0 Å². The molecule has 15 heavy (non-hydrogen) atoms. The van der Waals surface area contributed by atoms with Crippen molar-refractivity contribution in [3.05, 3.63) is 0 Å². The first-order valence-corrected chi connectivity index (χ1v) is 5.28. The molecule has 0 aromatic heterocycles. The van der Waals surface area contributed by atoms with E-state index in [0.29, 0.717) is 25.9 Å². The van der Waals surface area contributed by atoms with Gasteiger partial charge in [0.1, 0.15) is 0 Å². The molecule has 0 spiro atoms. The topological polar surface area (TPSA) is 29.5 Å². The summed E-state index contributed by atoms with van der Waals surface area (Å²) in [6.07, 6.45) is -3.12. The van der Waals surface area contributed by atoms with E-state index >= 15 is 0 Å². The second-order valence-electron chi connectivity index (χ2n) is 3.54. The zero-order chi connectivity index (χ0) is 11.7. The first kappa shape index (κ1) is 14.7. The van der Waals surface area contributed by atoms with Gasteiger partial charge in [0.2, 0.25) is 0 Å². The van der Waals surface area contributed by atoms with Gasteiger partial charge in [0.05, 0.1) is 6.10 Å². The summed E-state index contributed by atoms with van der Waals surface area (Å²) < 4.78 is 40.1. The van der Waals surface area contributed by atoms with Crippen LogP contribution in [0.4, 0.5) is 13.2 Å². The minimum absolute atomic E-state index is 0.0137. The molecule has 0 saturated carbocycles. The number of hydrogen-bond acceptors (Lipinski definition) is 2. The van der Waals surface area contributed by atoms with Crippen LogP contribution in [0.3, 0.4) is 0 Å². The molecule has 92 valence electrons. The van der Waals surface area contributed by atoms with Gasteiger partial charge in [-0.1, -0.05) is 6.92 Å². The van der Waals surface area contributed by atoms with Gasteiger partial charge in [-0.2, -0.15) is 13.2 Å². The van der Waals surface area contributed by atoms with Crippen LogP contribution in [0, 0.1) is 0 Å². The van der Waals surface area contributed by atoms with Crippen LogP contribution in [0.2, 0.25) is 0 Å². The van der Waals surface area contributed by atoms with Gasteiger partial charge in [0.25, 0.3) is 0 Å². The predicted octanol–water partition coefficient (Wildman–Crippen LogP) is 2.90. The van der Waals surface area contributed by atoms with Gasteiger partial charge >= 0.3 is 6.18 Å². The molecule has 0 aromatic rings. The van der Waals surface area contributed by atoms with Crippen molar-refractivity contribution in [3.63, 3.8) is 0 Å². The van der Waals surface area contributed by atoms with Crippen LogP contribution in [0.1, 0.15) is 39.0 Å². The van der Waals surface area contributed by atoms with Crippen LogP contribution in [0.25, 0.3) is 0 Å². The number of alkyl halides is 3. The summed E-state index contributed by atoms with van der Waals surface area (Å²) in [5, 5.41) is 9.16. The van der Waals surface area contributed by atoms with E-state index in [1.54, 1.807) is 0 Å². The number of aliphatic hydroxyl groups excluding tert-OH is 1. The van der Waals surface area contributed by atoms with E-state index in [-0.39, 0.29) is 19.1 Å². The average molecular weight is 228 g/mol. The number of halogens is 3. The van der Waals surface area contributed by atoms with Crippen LogP contribution < -0.4 is 0 Å². The Morgan fingerprint density at radius 3 is 2.33 bits per heavy atom. The van der Waals surface area contributed by atoms with Gasteiger partial charge < -0.3 is 9.84 Å². The number of rotatable bonds is 8. The van der Waals surface area contributed by atoms with Gasteiger partial charge in [-0.05, 0) is 25.7 Å². The fourth-order valence-electron chi connectivity index (χ4n) is 1.10. The molecule has 0 bridgehead atoms. The molecule has 0 aliphatic heterocycles. The highest BCUT2D eigenvalue weighted by molar-refractivity contribution is 4.52. The van der Waals surface area contributed by atoms with Crippen molar-refractivity contribution in [2.75, 3.05) is 13.2 Å².